The molecule has 1 aliphatic heterocycles. The van der Waals surface area contributed by atoms with E-state index in [2.05, 4.69) is 15.5 Å². The summed E-state index contributed by atoms with van der Waals surface area (Å²) in [5.74, 6) is 0.417. The van der Waals surface area contributed by atoms with Gasteiger partial charge < -0.3 is 10.1 Å². The lowest BCUT2D eigenvalue weighted by Gasteiger charge is -2.10. The summed E-state index contributed by atoms with van der Waals surface area (Å²) in [5.41, 5.74) is 0.511. The van der Waals surface area contributed by atoms with E-state index in [0.29, 0.717) is 10.7 Å². The van der Waals surface area contributed by atoms with E-state index in [0.717, 1.165) is 35.2 Å². The Labute approximate surface area is 163 Å². The summed E-state index contributed by atoms with van der Waals surface area (Å²) in [7, 11) is 1.57. The average Bonchev–Trinajstić information content (AvgIpc) is 3.01. The van der Waals surface area contributed by atoms with Crippen LogP contribution in [0.2, 0.25) is 0 Å². The second-order valence-corrected chi connectivity index (χ2v) is 7.11. The van der Waals surface area contributed by atoms with Gasteiger partial charge in [0, 0.05) is 0 Å². The van der Waals surface area contributed by atoms with E-state index < -0.39 is 17.0 Å². The van der Waals surface area contributed by atoms with Crippen LogP contribution in [-0.4, -0.2) is 29.6 Å². The maximum Gasteiger partial charge on any atom is 0.416 e. The highest BCUT2D eigenvalue weighted by atomic mass is 32.2. The number of carbonyl (C=O) groups excluding carboxylic acids is 1. The number of halogens is 3. The molecule has 1 aliphatic rings. The summed E-state index contributed by atoms with van der Waals surface area (Å²) in [4.78, 5) is 12.1. The molecule has 1 N–H and O–H groups in total. The molecule has 0 spiro atoms. The van der Waals surface area contributed by atoms with Gasteiger partial charge in [0.05, 0.1) is 24.1 Å². The normalized spacial score (nSPS) is 18.6. The molecule has 0 aromatic heterocycles. The van der Waals surface area contributed by atoms with Crippen molar-refractivity contribution in [1.82, 2.24) is 5.32 Å². The van der Waals surface area contributed by atoms with Crippen molar-refractivity contribution in [1.29, 1.82) is 0 Å². The fraction of sp³-hybridized carbons (Fsp3) is 0.211. The zero-order chi connectivity index (χ0) is 20.1. The molecule has 1 amide bonds. The smallest absolute Gasteiger partial charge is 0.416 e. The van der Waals surface area contributed by atoms with Crippen LogP contribution < -0.4 is 10.1 Å². The number of amidine groups is 1. The third-order valence-electron chi connectivity index (χ3n) is 3.92. The van der Waals surface area contributed by atoms with Crippen molar-refractivity contribution in [3.63, 3.8) is 0 Å². The van der Waals surface area contributed by atoms with Gasteiger partial charge in [-0.05, 0) is 47.9 Å². The van der Waals surface area contributed by atoms with E-state index in [1.165, 1.54) is 12.3 Å². The summed E-state index contributed by atoms with van der Waals surface area (Å²) in [5, 5.41) is 10.3. The number of thioether (sulfide) groups is 1. The van der Waals surface area contributed by atoms with Gasteiger partial charge in [-0.15, -0.1) is 5.10 Å². The van der Waals surface area contributed by atoms with Gasteiger partial charge in [-0.2, -0.15) is 18.3 Å². The molecule has 28 heavy (non-hydrogen) atoms. The Morgan fingerprint density at radius 1 is 1.21 bits per heavy atom. The van der Waals surface area contributed by atoms with E-state index in [-0.39, 0.29) is 12.3 Å². The fourth-order valence-electron chi connectivity index (χ4n) is 2.51. The van der Waals surface area contributed by atoms with E-state index in [4.69, 9.17) is 4.74 Å². The zero-order valence-corrected chi connectivity index (χ0v) is 15.6. The van der Waals surface area contributed by atoms with Crippen molar-refractivity contribution in [3.05, 3.63) is 65.2 Å². The summed E-state index contributed by atoms with van der Waals surface area (Å²) in [6.07, 6.45) is -2.72. The molecule has 1 saturated heterocycles. The molecule has 3 rings (SSSR count). The van der Waals surface area contributed by atoms with Crippen LogP contribution >= 0.6 is 11.8 Å². The lowest BCUT2D eigenvalue weighted by Crippen LogP contribution is -2.26. The summed E-state index contributed by atoms with van der Waals surface area (Å²) in [6, 6.07) is 12.1. The van der Waals surface area contributed by atoms with Gasteiger partial charge in [-0.3, -0.25) is 4.79 Å². The lowest BCUT2D eigenvalue weighted by atomic mass is 10.1. The molecule has 146 valence electrons. The first-order valence-electron chi connectivity index (χ1n) is 8.24. The molecule has 0 bridgehead atoms. The molecule has 1 heterocycles. The molecule has 1 atom stereocenters. The third-order valence-corrected chi connectivity index (χ3v) is 5.00. The summed E-state index contributed by atoms with van der Waals surface area (Å²) < 4.78 is 43.5. The highest BCUT2D eigenvalue weighted by molar-refractivity contribution is 8.15. The Bertz CT molecular complexity index is 911. The second-order valence-electron chi connectivity index (χ2n) is 5.92. The number of carbonyl (C=O) groups is 1. The topological polar surface area (TPSA) is 63.1 Å². The van der Waals surface area contributed by atoms with Gasteiger partial charge in [0.1, 0.15) is 5.75 Å². The van der Waals surface area contributed by atoms with Crippen LogP contribution in [0.25, 0.3) is 0 Å². The number of hydrogen-bond donors (Lipinski definition) is 1. The van der Waals surface area contributed by atoms with Crippen LogP contribution in [0, 0.1) is 0 Å². The van der Waals surface area contributed by atoms with E-state index in [1.54, 1.807) is 37.4 Å². The van der Waals surface area contributed by atoms with Crippen molar-refractivity contribution in [2.24, 2.45) is 10.2 Å². The molecule has 5 nitrogen and oxygen atoms in total. The zero-order valence-electron chi connectivity index (χ0n) is 14.7. The number of nitrogens with one attached hydrogen (secondary N) is 1. The average molecular weight is 407 g/mol. The number of amides is 1. The minimum absolute atomic E-state index is 0.168. The summed E-state index contributed by atoms with van der Waals surface area (Å²) in [6.45, 7) is 0. The standard InChI is InChI=1S/C19H16F3N3O2S/c1-27-15-7-5-12(6-8-15)11-23-25-18-24-17(26)16(28-18)10-13-3-2-4-14(9-13)19(20,21)22/h2-9,11,16H,10H2,1H3,(H,24,25,26)/b23-11+/t16-/m0/s1. The van der Waals surface area contributed by atoms with Gasteiger partial charge in [0.2, 0.25) is 5.91 Å². The van der Waals surface area contributed by atoms with E-state index in [9.17, 15) is 18.0 Å². The molecular formula is C19H16F3N3O2S. The first-order valence-corrected chi connectivity index (χ1v) is 9.12. The highest BCUT2D eigenvalue weighted by Gasteiger charge is 2.33. The Kier molecular flexibility index (Phi) is 6.03. The molecule has 2 aromatic rings. The highest BCUT2D eigenvalue weighted by Crippen LogP contribution is 2.31. The minimum Gasteiger partial charge on any atom is -0.497 e. The maximum absolute atomic E-state index is 12.8. The number of methoxy groups -OCH3 is 1. The summed E-state index contributed by atoms with van der Waals surface area (Å²) >= 11 is 1.14. The van der Waals surface area contributed by atoms with Gasteiger partial charge in [-0.25, -0.2) is 0 Å². The van der Waals surface area contributed by atoms with Crippen molar-refractivity contribution in [2.75, 3.05) is 7.11 Å². The second kappa shape index (κ2) is 8.47. The largest absolute Gasteiger partial charge is 0.497 e. The van der Waals surface area contributed by atoms with Crippen molar-refractivity contribution in [2.45, 2.75) is 17.8 Å². The number of rotatable bonds is 5. The van der Waals surface area contributed by atoms with Crippen molar-refractivity contribution >= 4 is 29.1 Å². The quantitative estimate of drug-likeness (QED) is 0.604. The third kappa shape index (κ3) is 5.13. The predicted molar refractivity (Wildman–Crippen MR) is 103 cm³/mol. The number of nitrogens with zero attached hydrogens (tertiary/aromatic N) is 2. The first kappa shape index (κ1) is 19.9. The van der Waals surface area contributed by atoms with Gasteiger partial charge >= 0.3 is 6.18 Å². The Morgan fingerprint density at radius 2 is 1.96 bits per heavy atom. The molecule has 2 aromatic carbocycles. The van der Waals surface area contributed by atoms with Crippen LogP contribution in [0.1, 0.15) is 16.7 Å². The molecule has 0 radical (unpaired) electrons. The van der Waals surface area contributed by atoms with Crippen LogP contribution in [0.4, 0.5) is 13.2 Å². The molecule has 0 aliphatic carbocycles. The fourth-order valence-corrected chi connectivity index (χ4v) is 3.48. The van der Waals surface area contributed by atoms with Gasteiger partial charge in [0.15, 0.2) is 5.17 Å². The van der Waals surface area contributed by atoms with Crippen LogP contribution in [0.5, 0.6) is 5.75 Å². The Morgan fingerprint density at radius 3 is 2.64 bits per heavy atom. The SMILES string of the molecule is COc1ccc(/C=N/N=C2\NC(=O)[C@H](Cc3cccc(C(F)(F)F)c3)S2)cc1. The molecular weight excluding hydrogens is 391 g/mol. The Balaban J connectivity index is 1.63. The molecule has 0 saturated carbocycles. The van der Waals surface area contributed by atoms with Gasteiger partial charge in [0.25, 0.3) is 0 Å². The van der Waals surface area contributed by atoms with Gasteiger partial charge in [-0.1, -0.05) is 30.0 Å². The number of ether oxygens (including phenoxy) is 1. The number of alkyl halides is 3. The number of benzene rings is 2. The Hall–Kier alpha value is -2.81. The monoisotopic (exact) mass is 407 g/mol. The molecule has 9 heteroatoms. The van der Waals surface area contributed by atoms with Crippen molar-refractivity contribution in [3.8, 4) is 5.75 Å². The van der Waals surface area contributed by atoms with Crippen LogP contribution in [0.15, 0.2) is 58.7 Å². The first-order chi connectivity index (χ1) is 13.3. The van der Waals surface area contributed by atoms with Crippen molar-refractivity contribution < 1.29 is 22.7 Å². The van der Waals surface area contributed by atoms with E-state index in [1.807, 2.05) is 0 Å². The minimum atomic E-state index is -4.41. The number of hydrogen-bond acceptors (Lipinski definition) is 5. The molecule has 0 unspecified atom stereocenters. The molecule has 1 fully saturated rings. The van der Waals surface area contributed by atoms with Crippen LogP contribution in [0.3, 0.4) is 0 Å². The lowest BCUT2D eigenvalue weighted by molar-refractivity contribution is -0.137. The van der Waals surface area contributed by atoms with E-state index >= 15 is 0 Å². The predicted octanol–water partition coefficient (Wildman–Crippen LogP) is 3.88. The van der Waals surface area contributed by atoms with Crippen LogP contribution in [-0.2, 0) is 17.4 Å². The maximum atomic E-state index is 12.8.